The van der Waals surface area contributed by atoms with Crippen molar-refractivity contribution in [1.82, 2.24) is 20.3 Å². The molecule has 1 atom stereocenters. The second kappa shape index (κ2) is 6.91. The minimum atomic E-state index is -0.977. The molecule has 0 fully saturated rings. The Labute approximate surface area is 137 Å². The number of nitrogens with zero attached hydrogens (tertiary/aromatic N) is 3. The number of aromatic nitrogens is 3. The van der Waals surface area contributed by atoms with Gasteiger partial charge in [-0.15, -0.1) is 5.10 Å². The van der Waals surface area contributed by atoms with Crippen molar-refractivity contribution in [3.05, 3.63) is 60.2 Å². The third-order valence-corrected chi connectivity index (χ3v) is 3.63. The molecule has 7 nitrogen and oxygen atoms in total. The minimum absolute atomic E-state index is 0.0243. The monoisotopic (exact) mass is 324 g/mol. The number of carbonyl (C=O) groups is 2. The van der Waals surface area contributed by atoms with Crippen molar-refractivity contribution in [3.63, 3.8) is 0 Å². The molecule has 0 radical (unpaired) electrons. The van der Waals surface area contributed by atoms with Gasteiger partial charge in [0.25, 0.3) is 0 Å². The molecule has 2 N–H and O–H groups in total. The molecule has 24 heavy (non-hydrogen) atoms. The van der Waals surface area contributed by atoms with E-state index in [0.29, 0.717) is 5.52 Å². The van der Waals surface area contributed by atoms with E-state index in [4.69, 9.17) is 5.11 Å². The predicted molar refractivity (Wildman–Crippen MR) is 87.1 cm³/mol. The summed E-state index contributed by atoms with van der Waals surface area (Å²) in [5, 5.41) is 19.8. The molecule has 7 heteroatoms. The summed E-state index contributed by atoms with van der Waals surface area (Å²) >= 11 is 0. The standard InChI is InChI=1S/C17H16N4O3/c22-16(11-21-15-9-5-4-8-13(15)19-20-21)18-14(10-17(23)24)12-6-2-1-3-7-12/h1-9,14H,10-11H2,(H,18,22)(H,23,24). The van der Waals surface area contributed by atoms with Crippen LogP contribution < -0.4 is 5.32 Å². The van der Waals surface area contributed by atoms with E-state index in [-0.39, 0.29) is 18.9 Å². The van der Waals surface area contributed by atoms with E-state index in [9.17, 15) is 9.59 Å². The average Bonchev–Trinajstić information content (AvgIpc) is 2.98. The lowest BCUT2D eigenvalue weighted by molar-refractivity contribution is -0.137. The summed E-state index contributed by atoms with van der Waals surface area (Å²) in [6, 6.07) is 15.8. The van der Waals surface area contributed by atoms with Crippen LogP contribution >= 0.6 is 0 Å². The van der Waals surface area contributed by atoms with Gasteiger partial charge in [0.05, 0.1) is 18.0 Å². The maximum atomic E-state index is 12.3. The summed E-state index contributed by atoms with van der Waals surface area (Å²) in [6.45, 7) is -0.0243. The van der Waals surface area contributed by atoms with E-state index < -0.39 is 12.0 Å². The summed E-state index contributed by atoms with van der Waals surface area (Å²) < 4.78 is 1.49. The van der Waals surface area contributed by atoms with Gasteiger partial charge in [0.1, 0.15) is 12.1 Å². The van der Waals surface area contributed by atoms with Crippen LogP contribution in [0.5, 0.6) is 0 Å². The number of para-hydroxylation sites is 1. The van der Waals surface area contributed by atoms with Crippen LogP contribution in [0.15, 0.2) is 54.6 Å². The fraction of sp³-hybridized carbons (Fsp3) is 0.176. The molecule has 3 aromatic rings. The first-order valence-electron chi connectivity index (χ1n) is 7.48. The lowest BCUT2D eigenvalue weighted by Crippen LogP contribution is -2.33. The Bertz CT molecular complexity index is 860. The van der Waals surface area contributed by atoms with E-state index in [1.54, 1.807) is 24.3 Å². The maximum Gasteiger partial charge on any atom is 0.305 e. The van der Waals surface area contributed by atoms with E-state index in [1.807, 2.05) is 30.3 Å². The highest BCUT2D eigenvalue weighted by molar-refractivity contribution is 5.80. The van der Waals surface area contributed by atoms with Gasteiger partial charge in [0.15, 0.2) is 0 Å². The van der Waals surface area contributed by atoms with Crippen molar-refractivity contribution in [2.24, 2.45) is 0 Å². The number of nitrogens with one attached hydrogen (secondary N) is 1. The van der Waals surface area contributed by atoms with Crippen molar-refractivity contribution in [2.45, 2.75) is 19.0 Å². The molecule has 0 aliphatic carbocycles. The van der Waals surface area contributed by atoms with Crippen molar-refractivity contribution in [2.75, 3.05) is 0 Å². The molecule has 0 bridgehead atoms. The Balaban J connectivity index is 1.75. The zero-order valence-corrected chi connectivity index (χ0v) is 12.8. The van der Waals surface area contributed by atoms with Gasteiger partial charge in [-0.2, -0.15) is 0 Å². The Morgan fingerprint density at radius 1 is 1.08 bits per heavy atom. The van der Waals surface area contributed by atoms with Gasteiger partial charge in [0, 0.05) is 0 Å². The summed E-state index contributed by atoms with van der Waals surface area (Å²) in [7, 11) is 0. The van der Waals surface area contributed by atoms with Gasteiger partial charge in [-0.25, -0.2) is 4.68 Å². The van der Waals surface area contributed by atoms with Gasteiger partial charge in [-0.3, -0.25) is 9.59 Å². The van der Waals surface area contributed by atoms with E-state index in [2.05, 4.69) is 15.6 Å². The lowest BCUT2D eigenvalue weighted by Gasteiger charge is -2.17. The van der Waals surface area contributed by atoms with Crippen molar-refractivity contribution >= 4 is 22.9 Å². The van der Waals surface area contributed by atoms with Crippen molar-refractivity contribution < 1.29 is 14.7 Å². The van der Waals surface area contributed by atoms with Crippen LogP contribution in [0.2, 0.25) is 0 Å². The molecule has 0 aliphatic rings. The van der Waals surface area contributed by atoms with E-state index >= 15 is 0 Å². The number of carbonyl (C=O) groups excluding carboxylic acids is 1. The number of carboxylic acid groups (broad SMARTS) is 1. The van der Waals surface area contributed by atoms with Gasteiger partial charge >= 0.3 is 5.97 Å². The Morgan fingerprint density at radius 2 is 1.79 bits per heavy atom. The average molecular weight is 324 g/mol. The molecule has 0 saturated heterocycles. The van der Waals surface area contributed by atoms with Gasteiger partial charge in [-0.1, -0.05) is 47.7 Å². The number of benzene rings is 2. The molecule has 0 spiro atoms. The number of carboxylic acids is 1. The van der Waals surface area contributed by atoms with Crippen molar-refractivity contribution in [3.8, 4) is 0 Å². The second-order valence-electron chi connectivity index (χ2n) is 5.36. The quantitative estimate of drug-likeness (QED) is 0.720. The Morgan fingerprint density at radius 3 is 2.54 bits per heavy atom. The normalized spacial score (nSPS) is 12.0. The third-order valence-electron chi connectivity index (χ3n) is 3.63. The minimum Gasteiger partial charge on any atom is -0.481 e. The maximum absolute atomic E-state index is 12.3. The lowest BCUT2D eigenvalue weighted by atomic mass is 10.0. The molecule has 122 valence electrons. The molecule has 0 aliphatic heterocycles. The molecule has 1 aromatic heterocycles. The molecule has 2 aromatic carbocycles. The zero-order chi connectivity index (χ0) is 16.9. The number of rotatable bonds is 6. The highest BCUT2D eigenvalue weighted by atomic mass is 16.4. The van der Waals surface area contributed by atoms with Crippen LogP contribution in [0.25, 0.3) is 11.0 Å². The molecule has 1 heterocycles. The first-order chi connectivity index (χ1) is 11.6. The highest BCUT2D eigenvalue weighted by Gasteiger charge is 2.18. The van der Waals surface area contributed by atoms with Crippen LogP contribution in [0.3, 0.4) is 0 Å². The molecule has 1 unspecified atom stereocenters. The molecule has 3 rings (SSSR count). The van der Waals surface area contributed by atoms with Crippen molar-refractivity contribution in [1.29, 1.82) is 0 Å². The smallest absolute Gasteiger partial charge is 0.305 e. The fourth-order valence-electron chi connectivity index (χ4n) is 2.52. The summed E-state index contributed by atoms with van der Waals surface area (Å²) in [5.74, 6) is -1.30. The molecular weight excluding hydrogens is 308 g/mol. The van der Waals surface area contributed by atoms with Crippen LogP contribution in [0.4, 0.5) is 0 Å². The predicted octanol–water partition coefficient (Wildman–Crippen LogP) is 1.76. The fourth-order valence-corrected chi connectivity index (χ4v) is 2.52. The molecule has 0 saturated carbocycles. The van der Waals surface area contributed by atoms with E-state index in [0.717, 1.165) is 11.1 Å². The van der Waals surface area contributed by atoms with Crippen LogP contribution in [0, 0.1) is 0 Å². The Kier molecular flexibility index (Phi) is 4.51. The first-order valence-corrected chi connectivity index (χ1v) is 7.48. The largest absolute Gasteiger partial charge is 0.481 e. The first kappa shape index (κ1) is 15.7. The summed E-state index contributed by atoms with van der Waals surface area (Å²) in [4.78, 5) is 23.4. The second-order valence-corrected chi connectivity index (χ2v) is 5.36. The summed E-state index contributed by atoms with van der Waals surface area (Å²) in [6.07, 6.45) is -0.187. The topological polar surface area (TPSA) is 97.1 Å². The molecular formula is C17H16N4O3. The third kappa shape index (κ3) is 3.57. The van der Waals surface area contributed by atoms with Crippen LogP contribution in [-0.4, -0.2) is 32.0 Å². The summed E-state index contributed by atoms with van der Waals surface area (Å²) in [5.41, 5.74) is 2.20. The SMILES string of the molecule is O=C(O)CC(NC(=O)Cn1nnc2ccccc21)c1ccccc1. The zero-order valence-electron chi connectivity index (χ0n) is 12.8. The number of hydrogen-bond acceptors (Lipinski definition) is 4. The van der Waals surface area contributed by atoms with Gasteiger partial charge in [0.2, 0.25) is 5.91 Å². The van der Waals surface area contributed by atoms with Gasteiger partial charge < -0.3 is 10.4 Å². The number of fused-ring (bicyclic) bond motifs is 1. The highest BCUT2D eigenvalue weighted by Crippen LogP contribution is 2.17. The number of aliphatic carboxylic acids is 1. The molecule has 1 amide bonds. The Hall–Kier alpha value is -3.22. The van der Waals surface area contributed by atoms with E-state index in [1.165, 1.54) is 4.68 Å². The number of amides is 1. The van der Waals surface area contributed by atoms with Crippen LogP contribution in [-0.2, 0) is 16.1 Å². The van der Waals surface area contributed by atoms with Crippen LogP contribution in [0.1, 0.15) is 18.0 Å². The van der Waals surface area contributed by atoms with Gasteiger partial charge in [-0.05, 0) is 17.7 Å². The number of hydrogen-bond donors (Lipinski definition) is 2.